The Morgan fingerprint density at radius 2 is 1.75 bits per heavy atom. The first-order valence-corrected chi connectivity index (χ1v) is 11.8. The fourth-order valence-electron chi connectivity index (χ4n) is 3.95. The van der Waals surface area contributed by atoms with Gasteiger partial charge in [0.15, 0.2) is 10.7 Å². The van der Waals surface area contributed by atoms with Crippen LogP contribution in [0.25, 0.3) is 22.1 Å². The predicted octanol–water partition coefficient (Wildman–Crippen LogP) is 5.50. The van der Waals surface area contributed by atoms with Crippen molar-refractivity contribution in [2.75, 3.05) is 19.0 Å². The summed E-state index contributed by atoms with van der Waals surface area (Å²) in [6.07, 6.45) is 2.37. The number of hydrogen-bond acceptors (Lipinski definition) is 4. The van der Waals surface area contributed by atoms with Crippen molar-refractivity contribution in [1.82, 2.24) is 4.72 Å². The summed E-state index contributed by atoms with van der Waals surface area (Å²) in [5, 5.41) is 0.875. The van der Waals surface area contributed by atoms with Crippen LogP contribution in [0, 0.1) is 0 Å². The Morgan fingerprint density at radius 3 is 2.47 bits per heavy atom. The normalized spacial score (nSPS) is 14.3. The molecule has 1 N–H and O–H groups in total. The number of fused-ring (bicyclic) bond motifs is 1. The molecule has 1 heterocycles. The molecule has 5 rings (SSSR count). The molecule has 0 aliphatic heterocycles. The number of furan rings is 1. The van der Waals surface area contributed by atoms with Crippen LogP contribution in [0.15, 0.2) is 82.1 Å². The number of anilines is 1. The molecule has 32 heavy (non-hydrogen) atoms. The lowest BCUT2D eigenvalue weighted by molar-refractivity contribution is 0.0956. The average Bonchev–Trinajstić information content (AvgIpc) is 3.57. The quantitative estimate of drug-likeness (QED) is 0.399. The summed E-state index contributed by atoms with van der Waals surface area (Å²) in [5.74, 6) is 0.226. The maximum Gasteiger partial charge on any atom is 0.328 e. The zero-order valence-electron chi connectivity index (χ0n) is 18.0. The maximum absolute atomic E-state index is 13.1. The van der Waals surface area contributed by atoms with Crippen molar-refractivity contribution in [3.63, 3.8) is 0 Å². The highest BCUT2D eigenvalue weighted by Crippen LogP contribution is 2.43. The molecule has 0 bridgehead atoms. The van der Waals surface area contributed by atoms with Crippen molar-refractivity contribution in [3.8, 4) is 11.1 Å². The smallest absolute Gasteiger partial charge is 0.328 e. The van der Waals surface area contributed by atoms with Gasteiger partial charge in [-0.1, -0.05) is 42.5 Å². The second kappa shape index (κ2) is 8.37. The van der Waals surface area contributed by atoms with Crippen LogP contribution < -0.4 is 9.62 Å². The van der Waals surface area contributed by atoms with Gasteiger partial charge in [0.05, 0.1) is 0 Å². The summed E-state index contributed by atoms with van der Waals surface area (Å²) in [6, 6.07) is 23.0. The van der Waals surface area contributed by atoms with Crippen LogP contribution in [0.4, 0.5) is 5.69 Å². The highest BCUT2D eigenvalue weighted by molar-refractivity contribution is 7.90. The topological polar surface area (TPSA) is 68.5 Å². The Labute approximate surface area is 190 Å². The van der Waals surface area contributed by atoms with E-state index in [4.69, 9.17) is 4.42 Å². The van der Waals surface area contributed by atoms with Crippen molar-refractivity contribution in [2.45, 2.75) is 23.7 Å². The summed E-state index contributed by atoms with van der Waals surface area (Å²) in [6.45, 7) is 0. The molecule has 3 aromatic carbocycles. The highest BCUT2D eigenvalue weighted by Gasteiger charge is 2.27. The third-order valence-corrected chi connectivity index (χ3v) is 6.88. The number of carbonyl (C=O) groups excluding carboxylic acids is 1. The van der Waals surface area contributed by atoms with E-state index in [-0.39, 0.29) is 5.76 Å². The fraction of sp³-hybridized carbons (Fsp3) is 0.192. The summed E-state index contributed by atoms with van der Waals surface area (Å²) < 4.78 is 21.6. The van der Waals surface area contributed by atoms with Gasteiger partial charge in [0.25, 0.3) is 0 Å². The highest BCUT2D eigenvalue weighted by atomic mass is 32.2. The number of hydrogen-bond donors (Lipinski definition) is 1. The Hall–Kier alpha value is -3.22. The molecule has 1 atom stereocenters. The number of benzene rings is 3. The molecule has 5 nitrogen and oxygen atoms in total. The van der Waals surface area contributed by atoms with Crippen LogP contribution >= 0.6 is 0 Å². The summed E-state index contributed by atoms with van der Waals surface area (Å²) in [5.41, 5.74) is 4.70. The molecule has 1 saturated carbocycles. The van der Waals surface area contributed by atoms with Crippen LogP contribution in [-0.2, 0) is 11.4 Å². The molecule has 1 unspecified atom stereocenters. The first kappa shape index (κ1) is 20.7. The van der Waals surface area contributed by atoms with Crippen LogP contribution in [0.2, 0.25) is 0 Å². The summed E-state index contributed by atoms with van der Waals surface area (Å²) >= 11 is -1.73. The average molecular weight is 445 g/mol. The molecule has 0 saturated heterocycles. The third kappa shape index (κ3) is 3.99. The molecule has 162 valence electrons. The van der Waals surface area contributed by atoms with E-state index in [1.165, 1.54) is 18.4 Å². The van der Waals surface area contributed by atoms with Crippen LogP contribution in [0.3, 0.4) is 0 Å². The van der Waals surface area contributed by atoms with Crippen LogP contribution in [0.5, 0.6) is 0 Å². The van der Waals surface area contributed by atoms with Crippen molar-refractivity contribution in [2.24, 2.45) is 0 Å². The molecule has 1 aliphatic rings. The fourth-order valence-corrected chi connectivity index (χ4v) is 4.92. The van der Waals surface area contributed by atoms with Crippen molar-refractivity contribution >= 4 is 33.9 Å². The van der Waals surface area contributed by atoms with Gasteiger partial charge >= 0.3 is 5.91 Å². The zero-order chi connectivity index (χ0) is 22.2. The van der Waals surface area contributed by atoms with E-state index in [1.807, 2.05) is 73.6 Å². The Morgan fingerprint density at radius 1 is 1.03 bits per heavy atom. The Bertz CT molecular complexity index is 1280. The minimum absolute atomic E-state index is 0.154. The van der Waals surface area contributed by atoms with Gasteiger partial charge < -0.3 is 13.9 Å². The van der Waals surface area contributed by atoms with E-state index in [1.54, 1.807) is 12.1 Å². The molecule has 6 heteroatoms. The number of carbonyl (C=O) groups is 1. The van der Waals surface area contributed by atoms with Crippen LogP contribution in [-0.4, -0.2) is 24.6 Å². The molecular formula is C26H24N2O3S. The van der Waals surface area contributed by atoms with E-state index >= 15 is 0 Å². The van der Waals surface area contributed by atoms with E-state index in [9.17, 15) is 9.35 Å². The molecule has 1 fully saturated rings. The SMILES string of the molecule is CN(C)c1cc(C2CC2)cc2oc(C(=O)N[S+]([O-])c3ccccc3-c3ccccc3)cc12. The largest absolute Gasteiger partial charge is 0.588 e. The number of amides is 1. The van der Waals surface area contributed by atoms with Gasteiger partial charge in [-0.2, -0.15) is 4.72 Å². The molecular weight excluding hydrogens is 420 g/mol. The third-order valence-electron chi connectivity index (χ3n) is 5.75. The van der Waals surface area contributed by atoms with E-state index in [0.29, 0.717) is 16.4 Å². The van der Waals surface area contributed by atoms with Crippen LogP contribution in [0.1, 0.15) is 34.9 Å². The first-order chi connectivity index (χ1) is 15.5. The second-order valence-corrected chi connectivity index (χ2v) is 9.47. The minimum atomic E-state index is -1.73. The van der Waals surface area contributed by atoms with Crippen molar-refractivity contribution in [1.29, 1.82) is 0 Å². The number of nitrogens with one attached hydrogen (secondary N) is 1. The second-order valence-electron chi connectivity index (χ2n) is 8.29. The maximum atomic E-state index is 13.1. The Kier molecular flexibility index (Phi) is 5.41. The van der Waals surface area contributed by atoms with Crippen molar-refractivity contribution < 1.29 is 13.8 Å². The van der Waals surface area contributed by atoms with E-state index in [0.717, 1.165) is 22.2 Å². The lowest BCUT2D eigenvalue weighted by Crippen LogP contribution is -2.30. The molecule has 0 radical (unpaired) electrons. The van der Waals surface area contributed by atoms with Crippen molar-refractivity contribution in [3.05, 3.63) is 84.1 Å². The first-order valence-electron chi connectivity index (χ1n) is 10.6. The van der Waals surface area contributed by atoms with Gasteiger partial charge in [0.2, 0.25) is 0 Å². The van der Waals surface area contributed by atoms with Gasteiger partial charge in [-0.3, -0.25) is 4.79 Å². The summed E-state index contributed by atoms with van der Waals surface area (Å²) in [4.78, 5) is 15.5. The van der Waals surface area contributed by atoms with Gasteiger partial charge in [-0.05, 0) is 60.2 Å². The van der Waals surface area contributed by atoms with Gasteiger partial charge in [-0.15, -0.1) is 0 Å². The predicted molar refractivity (Wildman–Crippen MR) is 128 cm³/mol. The molecule has 1 aliphatic carbocycles. The lowest BCUT2D eigenvalue weighted by Gasteiger charge is -2.14. The number of rotatable bonds is 6. The standard InChI is InChI=1S/C26H24N2O3S/c1-28(2)22-14-19(17-12-13-17)15-23-21(22)16-24(31-23)26(29)27-32(30)25-11-7-6-10-20(25)18-8-4-3-5-9-18/h3-11,14-17H,12-13H2,1-2H3,(H,27,29). The van der Waals surface area contributed by atoms with E-state index in [2.05, 4.69) is 10.8 Å². The monoisotopic (exact) mass is 444 g/mol. The van der Waals surface area contributed by atoms with Gasteiger partial charge in [-0.25, -0.2) is 0 Å². The molecule has 1 amide bonds. The molecule has 4 aromatic rings. The molecule has 1 aromatic heterocycles. The number of nitrogens with zero attached hydrogens (tertiary/aromatic N) is 1. The lowest BCUT2D eigenvalue weighted by atomic mass is 10.1. The molecule has 0 spiro atoms. The van der Waals surface area contributed by atoms with Gasteiger partial charge in [0.1, 0.15) is 16.9 Å². The Balaban J connectivity index is 1.44. The van der Waals surface area contributed by atoms with E-state index < -0.39 is 17.3 Å². The zero-order valence-corrected chi connectivity index (χ0v) is 18.8. The minimum Gasteiger partial charge on any atom is -0.588 e. The summed E-state index contributed by atoms with van der Waals surface area (Å²) in [7, 11) is 3.96. The van der Waals surface area contributed by atoms with Gasteiger partial charge in [0, 0.05) is 30.7 Å².